The number of carbonyl (C=O) groups excluding carboxylic acids is 1. The minimum Gasteiger partial charge on any atom is -0.489 e. The summed E-state index contributed by atoms with van der Waals surface area (Å²) in [5, 5.41) is 0. The van der Waals surface area contributed by atoms with Gasteiger partial charge in [0.2, 0.25) is 5.88 Å². The van der Waals surface area contributed by atoms with E-state index < -0.39 is 0 Å². The Balaban J connectivity index is 1.55. The summed E-state index contributed by atoms with van der Waals surface area (Å²) in [6.45, 7) is 12.6. The Morgan fingerprint density at radius 2 is 1.97 bits per heavy atom. The van der Waals surface area contributed by atoms with Crippen molar-refractivity contribution in [1.82, 2.24) is 4.98 Å². The van der Waals surface area contributed by atoms with E-state index in [1.54, 1.807) is 6.92 Å². The molecule has 0 N–H and O–H groups in total. The molecule has 2 aromatic rings. The van der Waals surface area contributed by atoms with E-state index in [1.165, 1.54) is 5.56 Å². The first-order chi connectivity index (χ1) is 14.2. The number of nitrogens with zero attached hydrogens (tertiary/aromatic N) is 2. The highest BCUT2D eigenvalue weighted by Gasteiger charge is 2.25. The van der Waals surface area contributed by atoms with Crippen LogP contribution in [-0.2, 0) is 4.79 Å². The molecule has 0 radical (unpaired) electrons. The van der Waals surface area contributed by atoms with Gasteiger partial charge in [0, 0.05) is 37.3 Å². The third kappa shape index (κ3) is 6.48. The quantitative estimate of drug-likeness (QED) is 0.595. The molecule has 0 saturated carbocycles. The van der Waals surface area contributed by atoms with Gasteiger partial charge >= 0.3 is 0 Å². The van der Waals surface area contributed by atoms with Crippen LogP contribution in [0.25, 0.3) is 0 Å². The van der Waals surface area contributed by atoms with Gasteiger partial charge in [-0.1, -0.05) is 39.8 Å². The summed E-state index contributed by atoms with van der Waals surface area (Å²) in [6, 6.07) is 12.2. The fraction of sp³-hybridized carbons (Fsp3) is 0.520. The van der Waals surface area contributed by atoms with Crippen molar-refractivity contribution in [1.29, 1.82) is 0 Å². The zero-order valence-corrected chi connectivity index (χ0v) is 18.9. The molecule has 0 bridgehead atoms. The number of aromatic nitrogens is 1. The van der Waals surface area contributed by atoms with Crippen LogP contribution in [0.2, 0.25) is 0 Å². The Hall–Kier alpha value is -2.56. The first-order valence-electron chi connectivity index (χ1n) is 10.8. The highest BCUT2D eigenvalue weighted by Crippen LogP contribution is 2.27. The van der Waals surface area contributed by atoms with Crippen molar-refractivity contribution < 1.29 is 14.3 Å². The lowest BCUT2D eigenvalue weighted by Crippen LogP contribution is -2.24. The van der Waals surface area contributed by atoms with Gasteiger partial charge in [-0.15, -0.1) is 0 Å². The minimum atomic E-state index is 0.101. The molecule has 0 aliphatic carbocycles. The van der Waals surface area contributed by atoms with Gasteiger partial charge in [0.05, 0.1) is 13.2 Å². The first kappa shape index (κ1) is 22.1. The van der Waals surface area contributed by atoms with Crippen LogP contribution in [0.15, 0.2) is 42.6 Å². The van der Waals surface area contributed by atoms with Gasteiger partial charge in [-0.25, -0.2) is 4.98 Å². The number of ketones is 1. The van der Waals surface area contributed by atoms with Gasteiger partial charge in [-0.05, 0) is 42.0 Å². The zero-order valence-electron chi connectivity index (χ0n) is 18.9. The van der Waals surface area contributed by atoms with Crippen molar-refractivity contribution in [3.8, 4) is 11.6 Å². The number of rotatable bonds is 8. The summed E-state index contributed by atoms with van der Waals surface area (Å²) in [7, 11) is 0. The lowest BCUT2D eigenvalue weighted by molar-refractivity contribution is -0.117. The van der Waals surface area contributed by atoms with Gasteiger partial charge in [-0.3, -0.25) is 0 Å². The maximum absolute atomic E-state index is 11.3. The average molecular weight is 411 g/mol. The zero-order chi connectivity index (χ0) is 21.7. The van der Waals surface area contributed by atoms with E-state index in [0.717, 1.165) is 30.9 Å². The van der Waals surface area contributed by atoms with Crippen molar-refractivity contribution in [2.24, 2.45) is 5.41 Å². The summed E-state index contributed by atoms with van der Waals surface area (Å²) < 4.78 is 12.1. The van der Waals surface area contributed by atoms with Crippen LogP contribution in [0.1, 0.15) is 58.9 Å². The molecule has 1 aromatic heterocycles. The number of pyridine rings is 1. The smallest absolute Gasteiger partial charge is 0.215 e. The standard InChI is InChI=1S/C25H34N2O3/c1-18(14-19(2)28)20-6-8-22(9-7-20)30-23-11-13-27(16-23)21-10-12-26-24(15-21)29-17-25(3,4)5/h6-10,12,15,18,23H,11,13-14,16-17H2,1-5H3/t18-,23-/m1/s1. The predicted octanol–water partition coefficient (Wildman–Crippen LogP) is 5.25. The van der Waals surface area contributed by atoms with Crippen LogP contribution in [0.5, 0.6) is 11.6 Å². The van der Waals surface area contributed by atoms with Crippen molar-refractivity contribution in [3.05, 3.63) is 48.2 Å². The minimum absolute atomic E-state index is 0.101. The molecule has 0 unspecified atom stereocenters. The Kier molecular flexibility index (Phi) is 7.01. The summed E-state index contributed by atoms with van der Waals surface area (Å²) in [4.78, 5) is 18.0. The molecule has 1 aromatic carbocycles. The molecule has 2 atom stereocenters. The van der Waals surface area contributed by atoms with E-state index >= 15 is 0 Å². The molecule has 1 saturated heterocycles. The van der Waals surface area contributed by atoms with Crippen LogP contribution in [0.4, 0.5) is 5.69 Å². The van der Waals surface area contributed by atoms with E-state index in [9.17, 15) is 4.79 Å². The highest BCUT2D eigenvalue weighted by atomic mass is 16.5. The second kappa shape index (κ2) is 9.50. The lowest BCUT2D eigenvalue weighted by Gasteiger charge is -2.21. The van der Waals surface area contributed by atoms with Crippen LogP contribution in [0, 0.1) is 5.41 Å². The molecule has 30 heavy (non-hydrogen) atoms. The number of hydrogen-bond acceptors (Lipinski definition) is 5. The monoisotopic (exact) mass is 410 g/mol. The molecule has 5 heteroatoms. The predicted molar refractivity (Wildman–Crippen MR) is 121 cm³/mol. The number of ether oxygens (including phenoxy) is 2. The largest absolute Gasteiger partial charge is 0.489 e. The van der Waals surface area contributed by atoms with E-state index in [0.29, 0.717) is 18.9 Å². The first-order valence-corrected chi connectivity index (χ1v) is 10.8. The summed E-state index contributed by atoms with van der Waals surface area (Å²) >= 11 is 0. The Labute approximate surface area is 180 Å². The van der Waals surface area contributed by atoms with Crippen molar-refractivity contribution in [2.75, 3.05) is 24.6 Å². The SMILES string of the molecule is CC(=O)C[C@@H](C)c1ccc(O[C@@H]2CCN(c3ccnc(OCC(C)(C)C)c3)C2)cc1. The Morgan fingerprint density at radius 3 is 2.63 bits per heavy atom. The number of benzene rings is 1. The van der Waals surface area contributed by atoms with Gasteiger partial charge in [-0.2, -0.15) is 0 Å². The van der Waals surface area contributed by atoms with Crippen molar-refractivity contribution in [2.45, 2.75) is 59.5 Å². The van der Waals surface area contributed by atoms with Crippen LogP contribution in [0.3, 0.4) is 0 Å². The fourth-order valence-electron chi connectivity index (χ4n) is 3.64. The van der Waals surface area contributed by atoms with Gasteiger partial charge in [0.1, 0.15) is 17.6 Å². The van der Waals surface area contributed by atoms with E-state index in [4.69, 9.17) is 9.47 Å². The van der Waals surface area contributed by atoms with Crippen molar-refractivity contribution >= 4 is 11.5 Å². The van der Waals surface area contributed by atoms with Crippen LogP contribution >= 0.6 is 0 Å². The molecule has 0 amide bonds. The van der Waals surface area contributed by atoms with E-state index in [2.05, 4.69) is 49.7 Å². The second-order valence-corrected chi connectivity index (χ2v) is 9.55. The second-order valence-electron chi connectivity index (χ2n) is 9.55. The molecule has 5 nitrogen and oxygen atoms in total. The summed E-state index contributed by atoms with van der Waals surface area (Å²) in [5.41, 5.74) is 2.39. The third-order valence-corrected chi connectivity index (χ3v) is 5.23. The fourth-order valence-corrected chi connectivity index (χ4v) is 3.64. The summed E-state index contributed by atoms with van der Waals surface area (Å²) in [5.74, 6) is 2.00. The highest BCUT2D eigenvalue weighted by molar-refractivity contribution is 5.76. The molecule has 3 rings (SSSR count). The van der Waals surface area contributed by atoms with Crippen LogP contribution in [-0.4, -0.2) is 36.6 Å². The third-order valence-electron chi connectivity index (χ3n) is 5.23. The molecule has 1 aliphatic rings. The summed E-state index contributed by atoms with van der Waals surface area (Å²) in [6.07, 6.45) is 3.51. The molecule has 2 heterocycles. The number of Topliss-reactive ketones (excluding diaryl/α,β-unsaturated/α-hetero) is 1. The topological polar surface area (TPSA) is 51.7 Å². The lowest BCUT2D eigenvalue weighted by atomic mass is 9.96. The number of carbonyl (C=O) groups is 1. The normalized spacial score (nSPS) is 17.6. The molecule has 162 valence electrons. The molecule has 1 aliphatic heterocycles. The molecular weight excluding hydrogens is 376 g/mol. The Bertz CT molecular complexity index is 842. The van der Waals surface area contributed by atoms with Gasteiger partial charge in [0.15, 0.2) is 0 Å². The number of hydrogen-bond donors (Lipinski definition) is 0. The molecule has 1 fully saturated rings. The van der Waals surface area contributed by atoms with Gasteiger partial charge in [0.25, 0.3) is 0 Å². The Morgan fingerprint density at radius 1 is 1.23 bits per heavy atom. The molecule has 0 spiro atoms. The van der Waals surface area contributed by atoms with Crippen molar-refractivity contribution in [3.63, 3.8) is 0 Å². The maximum Gasteiger partial charge on any atom is 0.215 e. The number of anilines is 1. The average Bonchev–Trinajstić information content (AvgIpc) is 3.15. The maximum atomic E-state index is 11.3. The van der Waals surface area contributed by atoms with E-state index in [1.807, 2.05) is 30.5 Å². The van der Waals surface area contributed by atoms with E-state index in [-0.39, 0.29) is 23.2 Å². The molecular formula is C25H34N2O3. The van der Waals surface area contributed by atoms with Gasteiger partial charge < -0.3 is 19.2 Å². The van der Waals surface area contributed by atoms with Crippen LogP contribution < -0.4 is 14.4 Å².